The number of aryl methyl sites for hydroxylation is 3. The average Bonchev–Trinajstić information content (AvgIpc) is 2.80. The van der Waals surface area contributed by atoms with E-state index in [0.29, 0.717) is 12.4 Å². The maximum Gasteiger partial charge on any atom is 0.146 e. The number of hydrogen-bond donors (Lipinski definition) is 1. The molecule has 0 aliphatic carbocycles. The summed E-state index contributed by atoms with van der Waals surface area (Å²) in [5, 5.41) is 8.91. The number of hydrogen-bond acceptors (Lipinski definition) is 3. The Bertz CT molecular complexity index is 541. The summed E-state index contributed by atoms with van der Waals surface area (Å²) in [4.78, 5) is 0. The van der Waals surface area contributed by atoms with Gasteiger partial charge < -0.3 is 14.3 Å². The third kappa shape index (κ3) is 2.74. The molecule has 0 atom stereocenters. The van der Waals surface area contributed by atoms with Gasteiger partial charge in [-0.3, -0.25) is 0 Å². The fourth-order valence-corrected chi connectivity index (χ4v) is 1.82. The second-order valence-electron chi connectivity index (χ2n) is 4.52. The predicted molar refractivity (Wildman–Crippen MR) is 69.6 cm³/mol. The SMILES string of the molecule is Cc1cc(C)c(OCc2ccc(CO)o2)cc1C. The highest BCUT2D eigenvalue weighted by Gasteiger charge is 2.05. The Morgan fingerprint density at radius 1 is 1.00 bits per heavy atom. The van der Waals surface area contributed by atoms with Gasteiger partial charge in [-0.05, 0) is 55.7 Å². The Labute approximate surface area is 107 Å². The van der Waals surface area contributed by atoms with Gasteiger partial charge in [-0.2, -0.15) is 0 Å². The van der Waals surface area contributed by atoms with Crippen LogP contribution >= 0.6 is 0 Å². The first-order valence-electron chi connectivity index (χ1n) is 5.99. The molecule has 1 aromatic heterocycles. The number of furan rings is 1. The zero-order chi connectivity index (χ0) is 13.1. The summed E-state index contributed by atoms with van der Waals surface area (Å²) in [7, 11) is 0. The van der Waals surface area contributed by atoms with Crippen molar-refractivity contribution in [1.82, 2.24) is 0 Å². The molecule has 2 aromatic rings. The molecule has 0 fully saturated rings. The van der Waals surface area contributed by atoms with E-state index >= 15 is 0 Å². The molecule has 96 valence electrons. The summed E-state index contributed by atoms with van der Waals surface area (Å²) in [6.45, 7) is 6.49. The van der Waals surface area contributed by atoms with E-state index in [1.807, 2.05) is 19.1 Å². The average molecular weight is 246 g/mol. The summed E-state index contributed by atoms with van der Waals surface area (Å²) in [6.07, 6.45) is 0. The Morgan fingerprint density at radius 2 is 1.67 bits per heavy atom. The van der Waals surface area contributed by atoms with Crippen molar-refractivity contribution < 1.29 is 14.3 Å². The van der Waals surface area contributed by atoms with Crippen molar-refractivity contribution in [3.8, 4) is 5.75 Å². The molecule has 1 aromatic carbocycles. The van der Waals surface area contributed by atoms with Crippen LogP contribution in [0.2, 0.25) is 0 Å². The van der Waals surface area contributed by atoms with Gasteiger partial charge in [0, 0.05) is 0 Å². The van der Waals surface area contributed by atoms with Crippen molar-refractivity contribution in [3.63, 3.8) is 0 Å². The molecule has 2 rings (SSSR count). The Hall–Kier alpha value is -1.74. The molecule has 0 saturated heterocycles. The van der Waals surface area contributed by atoms with E-state index in [4.69, 9.17) is 14.3 Å². The van der Waals surface area contributed by atoms with Gasteiger partial charge in [-0.25, -0.2) is 0 Å². The topological polar surface area (TPSA) is 42.6 Å². The third-order valence-corrected chi connectivity index (χ3v) is 3.03. The molecular weight excluding hydrogens is 228 g/mol. The van der Waals surface area contributed by atoms with Gasteiger partial charge in [0.05, 0.1) is 0 Å². The Balaban J connectivity index is 2.08. The lowest BCUT2D eigenvalue weighted by molar-refractivity contribution is 0.224. The van der Waals surface area contributed by atoms with Crippen molar-refractivity contribution in [2.24, 2.45) is 0 Å². The second kappa shape index (κ2) is 5.27. The molecular formula is C15H18O3. The number of aliphatic hydroxyl groups excluding tert-OH is 1. The largest absolute Gasteiger partial charge is 0.485 e. The van der Waals surface area contributed by atoms with Crippen LogP contribution in [0.1, 0.15) is 28.2 Å². The molecule has 0 radical (unpaired) electrons. The van der Waals surface area contributed by atoms with Crippen LogP contribution in [-0.4, -0.2) is 5.11 Å². The zero-order valence-electron chi connectivity index (χ0n) is 11.0. The van der Waals surface area contributed by atoms with Gasteiger partial charge in [0.1, 0.15) is 30.5 Å². The molecule has 0 unspecified atom stereocenters. The lowest BCUT2D eigenvalue weighted by Crippen LogP contribution is -1.97. The summed E-state index contributed by atoms with van der Waals surface area (Å²) >= 11 is 0. The standard InChI is InChI=1S/C15H18O3/c1-10-6-12(3)15(7-11(10)2)17-9-14-5-4-13(8-16)18-14/h4-7,16H,8-9H2,1-3H3. The molecule has 1 heterocycles. The van der Waals surface area contributed by atoms with Gasteiger partial charge in [-0.1, -0.05) is 6.07 Å². The summed E-state index contributed by atoms with van der Waals surface area (Å²) in [6, 6.07) is 7.74. The highest BCUT2D eigenvalue weighted by atomic mass is 16.5. The lowest BCUT2D eigenvalue weighted by Gasteiger charge is -2.10. The predicted octanol–water partition coefficient (Wildman–Crippen LogP) is 3.28. The second-order valence-corrected chi connectivity index (χ2v) is 4.52. The van der Waals surface area contributed by atoms with Crippen molar-refractivity contribution in [3.05, 3.63) is 52.5 Å². The smallest absolute Gasteiger partial charge is 0.146 e. The first-order chi connectivity index (χ1) is 8.60. The molecule has 3 heteroatoms. The number of benzene rings is 1. The van der Waals surface area contributed by atoms with E-state index < -0.39 is 0 Å². The van der Waals surface area contributed by atoms with Gasteiger partial charge in [0.2, 0.25) is 0 Å². The Kier molecular flexibility index (Phi) is 3.72. The van der Waals surface area contributed by atoms with Crippen LogP contribution in [0.4, 0.5) is 0 Å². The van der Waals surface area contributed by atoms with E-state index in [9.17, 15) is 0 Å². The molecule has 0 bridgehead atoms. The first-order valence-corrected chi connectivity index (χ1v) is 5.99. The van der Waals surface area contributed by atoms with Crippen LogP contribution < -0.4 is 4.74 Å². The highest BCUT2D eigenvalue weighted by molar-refractivity contribution is 5.40. The van der Waals surface area contributed by atoms with E-state index in [1.165, 1.54) is 11.1 Å². The van der Waals surface area contributed by atoms with Gasteiger partial charge in [0.15, 0.2) is 0 Å². The van der Waals surface area contributed by atoms with Crippen LogP contribution in [-0.2, 0) is 13.2 Å². The van der Waals surface area contributed by atoms with E-state index in [0.717, 1.165) is 17.1 Å². The summed E-state index contributed by atoms with van der Waals surface area (Å²) < 4.78 is 11.1. The molecule has 0 saturated carbocycles. The van der Waals surface area contributed by atoms with Gasteiger partial charge >= 0.3 is 0 Å². The minimum absolute atomic E-state index is 0.0807. The molecule has 18 heavy (non-hydrogen) atoms. The molecule has 0 aliphatic heterocycles. The Morgan fingerprint density at radius 3 is 2.33 bits per heavy atom. The van der Waals surface area contributed by atoms with Crippen LogP contribution in [0.15, 0.2) is 28.7 Å². The maximum absolute atomic E-state index is 8.91. The zero-order valence-corrected chi connectivity index (χ0v) is 11.0. The number of rotatable bonds is 4. The first kappa shape index (κ1) is 12.7. The van der Waals surface area contributed by atoms with E-state index in [-0.39, 0.29) is 6.61 Å². The highest BCUT2D eigenvalue weighted by Crippen LogP contribution is 2.23. The molecule has 0 aliphatic rings. The van der Waals surface area contributed by atoms with Crippen LogP contribution in [0.5, 0.6) is 5.75 Å². The van der Waals surface area contributed by atoms with Crippen molar-refractivity contribution >= 4 is 0 Å². The third-order valence-electron chi connectivity index (χ3n) is 3.03. The minimum atomic E-state index is -0.0807. The van der Waals surface area contributed by atoms with Gasteiger partial charge in [0.25, 0.3) is 0 Å². The van der Waals surface area contributed by atoms with Crippen molar-refractivity contribution in [1.29, 1.82) is 0 Å². The quantitative estimate of drug-likeness (QED) is 0.900. The van der Waals surface area contributed by atoms with Crippen LogP contribution in [0.25, 0.3) is 0 Å². The lowest BCUT2D eigenvalue weighted by atomic mass is 10.1. The van der Waals surface area contributed by atoms with E-state index in [2.05, 4.69) is 19.9 Å². The molecule has 0 amide bonds. The number of ether oxygens (including phenoxy) is 1. The molecule has 3 nitrogen and oxygen atoms in total. The minimum Gasteiger partial charge on any atom is -0.485 e. The summed E-state index contributed by atoms with van der Waals surface area (Å²) in [5.41, 5.74) is 3.60. The monoisotopic (exact) mass is 246 g/mol. The normalized spacial score (nSPS) is 10.7. The fourth-order valence-electron chi connectivity index (χ4n) is 1.82. The van der Waals surface area contributed by atoms with Crippen molar-refractivity contribution in [2.45, 2.75) is 34.0 Å². The maximum atomic E-state index is 8.91. The van der Waals surface area contributed by atoms with Crippen molar-refractivity contribution in [2.75, 3.05) is 0 Å². The van der Waals surface area contributed by atoms with E-state index in [1.54, 1.807) is 6.07 Å². The fraction of sp³-hybridized carbons (Fsp3) is 0.333. The van der Waals surface area contributed by atoms with Crippen LogP contribution in [0, 0.1) is 20.8 Å². The van der Waals surface area contributed by atoms with Gasteiger partial charge in [-0.15, -0.1) is 0 Å². The summed E-state index contributed by atoms with van der Waals surface area (Å²) in [5.74, 6) is 2.15. The van der Waals surface area contributed by atoms with Crippen LogP contribution in [0.3, 0.4) is 0 Å². The molecule has 0 spiro atoms. The molecule has 1 N–H and O–H groups in total. The number of aliphatic hydroxyl groups is 1.